The number of nitriles is 1. The van der Waals surface area contributed by atoms with Crippen molar-refractivity contribution >= 4 is 87.5 Å². The molecule has 0 atom stereocenters. The second-order valence-electron chi connectivity index (χ2n) is 14.6. The van der Waals surface area contributed by atoms with Gasteiger partial charge in [0.2, 0.25) is 0 Å². The van der Waals surface area contributed by atoms with Gasteiger partial charge in [-0.1, -0.05) is 91.0 Å². The first-order chi connectivity index (χ1) is 28.4. The number of para-hydroxylation sites is 4. The summed E-state index contributed by atoms with van der Waals surface area (Å²) < 4.78 is 62.3. The average molecular weight is 758 g/mol. The SMILES string of the molecule is N#Cc1cc(-n2c3ccccc3c3ccc4oc5ccccc5c4c32)c(-c2ccccc2C(F)(F)F)cc1-n1c2ccccc2c2ccc3oc4ccccc4c3c21. The first kappa shape index (κ1) is 32.5. The highest BCUT2D eigenvalue weighted by atomic mass is 19.4. The van der Waals surface area contributed by atoms with E-state index in [1.165, 1.54) is 12.1 Å². The van der Waals surface area contributed by atoms with Crippen LogP contribution in [0, 0.1) is 11.3 Å². The molecule has 58 heavy (non-hydrogen) atoms. The Morgan fingerprint density at radius 2 is 0.931 bits per heavy atom. The summed E-state index contributed by atoms with van der Waals surface area (Å²) in [6, 6.07) is 50.9. The van der Waals surface area contributed by atoms with Gasteiger partial charge in [0.1, 0.15) is 28.4 Å². The van der Waals surface area contributed by atoms with E-state index in [4.69, 9.17) is 8.83 Å². The van der Waals surface area contributed by atoms with Crippen LogP contribution in [0.2, 0.25) is 0 Å². The molecule has 4 aromatic heterocycles. The topological polar surface area (TPSA) is 59.9 Å². The molecule has 12 aromatic rings. The van der Waals surface area contributed by atoms with Gasteiger partial charge in [-0.15, -0.1) is 0 Å². The van der Waals surface area contributed by atoms with Gasteiger partial charge in [-0.3, -0.25) is 0 Å². The number of alkyl halides is 3. The third kappa shape index (κ3) is 4.35. The van der Waals surface area contributed by atoms with Gasteiger partial charge in [0.15, 0.2) is 0 Å². The molecule has 0 unspecified atom stereocenters. The van der Waals surface area contributed by atoms with Crippen molar-refractivity contribution in [3.63, 3.8) is 0 Å². The molecule has 0 bridgehead atoms. The molecular weight excluding hydrogens is 732 g/mol. The van der Waals surface area contributed by atoms with Crippen LogP contribution in [0.1, 0.15) is 11.1 Å². The molecule has 0 saturated carbocycles. The number of halogens is 3. The van der Waals surface area contributed by atoms with Crippen LogP contribution in [0.25, 0.3) is 110 Å². The van der Waals surface area contributed by atoms with E-state index >= 15 is 13.2 Å². The monoisotopic (exact) mass is 757 g/mol. The summed E-state index contributed by atoms with van der Waals surface area (Å²) in [6.07, 6.45) is -4.68. The highest BCUT2D eigenvalue weighted by Gasteiger charge is 2.35. The number of nitrogens with zero attached hydrogens (tertiary/aromatic N) is 3. The second-order valence-corrected chi connectivity index (χ2v) is 14.6. The van der Waals surface area contributed by atoms with Crippen LogP contribution in [0.15, 0.2) is 167 Å². The lowest BCUT2D eigenvalue weighted by atomic mass is 9.95. The quantitative estimate of drug-likeness (QED) is 0.180. The van der Waals surface area contributed by atoms with Gasteiger partial charge in [0.25, 0.3) is 0 Å². The molecule has 4 heterocycles. The molecule has 0 radical (unpaired) electrons. The lowest BCUT2D eigenvalue weighted by molar-refractivity contribution is -0.137. The standard InChI is InChI=1S/C50H26F3N3O2/c51-50(52,53)37-16-6-1-11-29(37)36-26-40(55-38-17-7-2-12-30(38)32-21-23-44-46(48(32)55)34-14-4-9-19-42(34)57-44)28(27-54)25-41(36)56-39-18-8-3-13-31(39)33-22-24-45-47(49(33)56)35-15-5-10-20-43(35)58-45/h1-26H. The number of fused-ring (bicyclic) bond motifs is 14. The number of benzene rings is 8. The smallest absolute Gasteiger partial charge is 0.417 e. The minimum absolute atomic E-state index is 0.00873. The van der Waals surface area contributed by atoms with Crippen molar-refractivity contribution in [3.05, 3.63) is 169 Å². The van der Waals surface area contributed by atoms with E-state index in [0.717, 1.165) is 71.2 Å². The molecule has 0 aliphatic carbocycles. The van der Waals surface area contributed by atoms with E-state index in [1.807, 2.05) is 130 Å². The van der Waals surface area contributed by atoms with Crippen LogP contribution < -0.4 is 0 Å². The molecule has 274 valence electrons. The Bertz CT molecular complexity index is 3760. The molecule has 5 nitrogen and oxygen atoms in total. The van der Waals surface area contributed by atoms with Crippen molar-refractivity contribution in [2.45, 2.75) is 6.18 Å². The van der Waals surface area contributed by atoms with E-state index in [9.17, 15) is 5.26 Å². The number of hydrogen-bond donors (Lipinski definition) is 0. The maximum atomic E-state index is 15.2. The van der Waals surface area contributed by atoms with Crippen LogP contribution in [0.5, 0.6) is 0 Å². The Balaban J connectivity index is 1.30. The highest BCUT2D eigenvalue weighted by molar-refractivity contribution is 6.26. The van der Waals surface area contributed by atoms with Crippen LogP contribution in [-0.2, 0) is 6.18 Å². The molecule has 0 N–H and O–H groups in total. The number of aromatic nitrogens is 2. The Morgan fingerprint density at radius 1 is 0.448 bits per heavy atom. The summed E-state index contributed by atoms with van der Waals surface area (Å²) in [5.41, 5.74) is 6.55. The fourth-order valence-electron chi connectivity index (χ4n) is 9.25. The van der Waals surface area contributed by atoms with Crippen LogP contribution >= 0.6 is 0 Å². The summed E-state index contributed by atoms with van der Waals surface area (Å²) in [5, 5.41) is 18.3. The van der Waals surface area contributed by atoms with Crippen molar-refractivity contribution < 1.29 is 22.0 Å². The lowest BCUT2D eigenvalue weighted by Crippen LogP contribution is -2.09. The van der Waals surface area contributed by atoms with E-state index in [0.29, 0.717) is 39.3 Å². The van der Waals surface area contributed by atoms with Crippen molar-refractivity contribution in [3.8, 4) is 28.6 Å². The largest absolute Gasteiger partial charge is 0.456 e. The fraction of sp³-hybridized carbons (Fsp3) is 0.0200. The zero-order valence-electron chi connectivity index (χ0n) is 30.3. The molecule has 0 fully saturated rings. The van der Waals surface area contributed by atoms with Crippen molar-refractivity contribution in [2.75, 3.05) is 0 Å². The summed E-state index contributed by atoms with van der Waals surface area (Å²) in [7, 11) is 0. The van der Waals surface area contributed by atoms with Gasteiger partial charge in [-0.25, -0.2) is 0 Å². The summed E-state index contributed by atoms with van der Waals surface area (Å²) in [4.78, 5) is 0. The molecule has 0 aliphatic rings. The minimum atomic E-state index is -4.68. The third-order valence-corrected chi connectivity index (χ3v) is 11.6. The summed E-state index contributed by atoms with van der Waals surface area (Å²) in [5.74, 6) is 0. The van der Waals surface area contributed by atoms with Crippen molar-refractivity contribution in [1.82, 2.24) is 9.13 Å². The Labute approximate surface area is 326 Å². The van der Waals surface area contributed by atoms with Gasteiger partial charge >= 0.3 is 6.18 Å². The molecule has 12 rings (SSSR count). The molecule has 0 amide bonds. The first-order valence-electron chi connectivity index (χ1n) is 18.8. The van der Waals surface area contributed by atoms with E-state index in [1.54, 1.807) is 18.2 Å². The van der Waals surface area contributed by atoms with Gasteiger partial charge in [0.05, 0.1) is 55.3 Å². The molecule has 8 heteroatoms. The summed E-state index contributed by atoms with van der Waals surface area (Å²) >= 11 is 0. The Morgan fingerprint density at radius 3 is 1.48 bits per heavy atom. The van der Waals surface area contributed by atoms with Crippen LogP contribution in [0.3, 0.4) is 0 Å². The Kier molecular flexibility index (Phi) is 6.52. The second kappa shape index (κ2) is 11.6. The predicted octanol–water partition coefficient (Wildman–Crippen LogP) is 14.2. The average Bonchev–Trinajstić information content (AvgIpc) is 4.00. The summed E-state index contributed by atoms with van der Waals surface area (Å²) in [6.45, 7) is 0. The maximum absolute atomic E-state index is 15.2. The van der Waals surface area contributed by atoms with Crippen molar-refractivity contribution in [1.29, 1.82) is 5.26 Å². The number of hydrogen-bond acceptors (Lipinski definition) is 3. The van der Waals surface area contributed by atoms with Gasteiger partial charge in [-0.05, 0) is 72.3 Å². The normalized spacial score (nSPS) is 12.4. The number of furan rings is 2. The molecule has 0 saturated heterocycles. The highest BCUT2D eigenvalue weighted by Crippen LogP contribution is 2.47. The zero-order chi connectivity index (χ0) is 38.9. The lowest BCUT2D eigenvalue weighted by Gasteiger charge is -2.21. The molecule has 0 spiro atoms. The van der Waals surface area contributed by atoms with Gasteiger partial charge in [0, 0.05) is 37.9 Å². The molecule has 0 aliphatic heterocycles. The van der Waals surface area contributed by atoms with Gasteiger partial charge < -0.3 is 18.0 Å². The maximum Gasteiger partial charge on any atom is 0.417 e. The van der Waals surface area contributed by atoms with Gasteiger partial charge in [-0.2, -0.15) is 18.4 Å². The zero-order valence-corrected chi connectivity index (χ0v) is 30.3. The number of rotatable bonds is 3. The minimum Gasteiger partial charge on any atom is -0.456 e. The van der Waals surface area contributed by atoms with Crippen molar-refractivity contribution in [2.24, 2.45) is 0 Å². The first-order valence-corrected chi connectivity index (χ1v) is 18.8. The van der Waals surface area contributed by atoms with E-state index in [2.05, 4.69) is 6.07 Å². The van der Waals surface area contributed by atoms with E-state index < -0.39 is 11.7 Å². The Hall–Kier alpha value is -7.76. The fourth-order valence-corrected chi connectivity index (χ4v) is 9.25. The predicted molar refractivity (Wildman–Crippen MR) is 225 cm³/mol. The molecular formula is C50H26F3N3O2. The van der Waals surface area contributed by atoms with E-state index in [-0.39, 0.29) is 11.1 Å². The van der Waals surface area contributed by atoms with Crippen LogP contribution in [-0.4, -0.2) is 9.13 Å². The molecule has 8 aromatic carbocycles. The third-order valence-electron chi connectivity index (χ3n) is 11.6. The van der Waals surface area contributed by atoms with Crippen LogP contribution in [0.4, 0.5) is 13.2 Å².